The van der Waals surface area contributed by atoms with Crippen molar-refractivity contribution < 1.29 is 34.1 Å². The van der Waals surface area contributed by atoms with Crippen LogP contribution in [0.5, 0.6) is 0 Å². The number of amides is 3. The maximum absolute atomic E-state index is 12.4. The van der Waals surface area contributed by atoms with Crippen LogP contribution in [0.3, 0.4) is 0 Å². The third-order valence-electron chi connectivity index (χ3n) is 11.0. The number of esters is 1. The Kier molecular flexibility index (Phi) is 12.2. The molecule has 4 N–H and O–H groups in total. The lowest BCUT2D eigenvalue weighted by atomic mass is 10.0. The van der Waals surface area contributed by atoms with Gasteiger partial charge in [0.25, 0.3) is 17.7 Å². The number of rotatable bonds is 6. The lowest BCUT2D eigenvalue weighted by Crippen LogP contribution is -2.37. The van der Waals surface area contributed by atoms with Crippen LogP contribution in [0.25, 0.3) is 33.2 Å². The molecule has 0 unspecified atom stereocenters. The van der Waals surface area contributed by atoms with Crippen molar-refractivity contribution in [2.45, 2.75) is 50.7 Å². The number of aromatic nitrogens is 6. The molecule has 6 aromatic rings. The van der Waals surface area contributed by atoms with E-state index in [-0.39, 0.29) is 35.6 Å². The number of fused-ring (bicyclic) bond motifs is 2. The van der Waals surface area contributed by atoms with Crippen molar-refractivity contribution in [1.29, 1.82) is 10.5 Å². The first-order valence-electron chi connectivity index (χ1n) is 20.3. The predicted octanol–water partition coefficient (Wildman–Crippen LogP) is 2.48. The molecule has 0 aliphatic carbocycles. The number of methoxy groups -OCH3 is 1. The highest BCUT2D eigenvalue weighted by molar-refractivity contribution is 6.06. The zero-order valence-electron chi connectivity index (χ0n) is 36.0. The number of benzene rings is 2. The highest BCUT2D eigenvalue weighted by Crippen LogP contribution is 2.29. The second-order valence-electron chi connectivity index (χ2n) is 15.3. The Hall–Kier alpha value is -8.42. The average Bonchev–Trinajstić information content (AvgIpc) is 4.05. The number of nitriles is 2. The number of likely N-dealkylation sites (tertiary alicyclic amines) is 2. The van der Waals surface area contributed by atoms with Crippen molar-refractivity contribution in [2.75, 3.05) is 34.3 Å². The Balaban J connectivity index is 0.000000194. The normalized spacial score (nSPS) is 17.7. The lowest BCUT2D eigenvalue weighted by molar-refractivity contribution is -0.138. The number of nitrogens with zero attached hydrogens (tertiary/aromatic N) is 10. The van der Waals surface area contributed by atoms with E-state index in [1.165, 1.54) is 26.3 Å². The highest BCUT2D eigenvalue weighted by atomic mass is 16.5. The fourth-order valence-electron chi connectivity index (χ4n) is 7.58. The van der Waals surface area contributed by atoms with Crippen molar-refractivity contribution in [3.05, 3.63) is 106 Å². The fraction of sp³-hybridized carbons (Fsp3) is 0.277. The second kappa shape index (κ2) is 17.8. The highest BCUT2D eigenvalue weighted by Gasteiger charge is 2.43. The van der Waals surface area contributed by atoms with E-state index in [9.17, 15) is 39.9 Å². The summed E-state index contributed by atoms with van der Waals surface area (Å²) in [7, 11) is 4.52. The Bertz CT molecular complexity index is 3190. The van der Waals surface area contributed by atoms with Crippen LogP contribution in [-0.2, 0) is 27.2 Å². The molecule has 2 saturated heterocycles. The smallest absolute Gasteiger partial charge is 0.359 e. The van der Waals surface area contributed by atoms with Crippen molar-refractivity contribution in [2.24, 2.45) is 5.73 Å². The summed E-state index contributed by atoms with van der Waals surface area (Å²) in [5, 5.41) is 49.7. The molecule has 326 valence electrons. The molecule has 0 spiro atoms. The summed E-state index contributed by atoms with van der Waals surface area (Å²) in [6.07, 6.45) is 1.47. The van der Waals surface area contributed by atoms with E-state index in [1.54, 1.807) is 74.8 Å². The molecule has 6 heterocycles. The first kappa shape index (κ1) is 44.6. The molecule has 8 rings (SSSR count). The summed E-state index contributed by atoms with van der Waals surface area (Å²) >= 11 is 0. The molecule has 65 heavy (non-hydrogen) atoms. The van der Waals surface area contributed by atoms with Crippen molar-refractivity contribution in [1.82, 2.24) is 39.3 Å². The number of primary amides is 1. The van der Waals surface area contributed by atoms with E-state index >= 15 is 0 Å². The van der Waals surface area contributed by atoms with E-state index in [0.717, 1.165) is 0 Å². The summed E-state index contributed by atoms with van der Waals surface area (Å²) in [6.45, 7) is 4.63. The third kappa shape index (κ3) is 8.43. The van der Waals surface area contributed by atoms with Gasteiger partial charge in [0, 0.05) is 63.3 Å². The number of hydrogen-bond donors (Lipinski definition) is 3. The number of nitrogens with two attached hydrogens (primary N) is 1. The standard InChI is InChI=1S/C24H21N5O4.C23H20N6O3/c1-4-18-20-19(13-16(14-25)26-18)29(27-21(20)22(30)33-3)17-7-5-6-15(12-17)8-9-24(32)10-11-28(2)23(24)31;1-3-17-19-18(12-15(13-24)26-17)29(27-20(19)21(25)30)16-6-4-5-14(11-16)7-8-23(32)9-10-28(2)22(23)31/h5-7,12-13,32H,4,10-11H2,1-3H3;4-6,11-12,32H,3,9-10H2,1-2H3,(H2,25,30)/t24-;23-/m00/s1. The number of carbonyl (C=O) groups excluding carboxylic acids is 4. The molecule has 0 saturated carbocycles. The van der Waals surface area contributed by atoms with Gasteiger partial charge in [-0.05, 0) is 49.2 Å². The van der Waals surface area contributed by atoms with Gasteiger partial charge in [-0.3, -0.25) is 14.4 Å². The molecule has 2 aromatic carbocycles. The Morgan fingerprint density at radius 2 is 1.17 bits per heavy atom. The van der Waals surface area contributed by atoms with Gasteiger partial charge < -0.3 is 30.5 Å². The van der Waals surface area contributed by atoms with Crippen LogP contribution < -0.4 is 5.73 Å². The third-order valence-corrected chi connectivity index (χ3v) is 11.0. The second-order valence-corrected chi connectivity index (χ2v) is 15.3. The molecule has 2 aliphatic heterocycles. The van der Waals surface area contributed by atoms with E-state index in [2.05, 4.69) is 43.8 Å². The summed E-state index contributed by atoms with van der Waals surface area (Å²) in [5.41, 5.74) is 7.18. The molecule has 2 aliphatic rings. The van der Waals surface area contributed by atoms with E-state index in [1.807, 2.05) is 26.0 Å². The fourth-order valence-corrected chi connectivity index (χ4v) is 7.58. The van der Waals surface area contributed by atoms with Crippen LogP contribution in [-0.4, -0.2) is 119 Å². The maximum atomic E-state index is 12.4. The molecule has 4 aromatic heterocycles. The number of likely N-dealkylation sites (N-methyl/N-ethyl adjacent to an activating group) is 2. The van der Waals surface area contributed by atoms with Crippen molar-refractivity contribution in [3.63, 3.8) is 0 Å². The molecular formula is C47H41N11O7. The van der Waals surface area contributed by atoms with Gasteiger partial charge in [-0.2, -0.15) is 20.7 Å². The van der Waals surface area contributed by atoms with Crippen molar-refractivity contribution >= 4 is 45.5 Å². The van der Waals surface area contributed by atoms with Crippen LogP contribution in [0.2, 0.25) is 0 Å². The largest absolute Gasteiger partial charge is 0.464 e. The van der Waals surface area contributed by atoms with Gasteiger partial charge in [0.1, 0.15) is 23.5 Å². The summed E-state index contributed by atoms with van der Waals surface area (Å²) in [5.74, 6) is 8.98. The van der Waals surface area contributed by atoms with Crippen LogP contribution in [0.1, 0.15) is 81.6 Å². The van der Waals surface area contributed by atoms with Crippen LogP contribution in [0, 0.1) is 46.3 Å². The van der Waals surface area contributed by atoms with Gasteiger partial charge in [-0.15, -0.1) is 0 Å². The Morgan fingerprint density at radius 3 is 1.54 bits per heavy atom. The molecule has 2 atom stereocenters. The first-order valence-corrected chi connectivity index (χ1v) is 20.3. The SMILES string of the molecule is CCc1nc(C#N)cc2c1c(C(=O)OC)nn2-c1cccc(C#C[C@]2(O)CCN(C)C2=O)c1.CCc1nc(C#N)cc2c1c(C(N)=O)nn2-c1cccc(C#C[C@]2(O)CCN(C)C2=O)c1. The average molecular weight is 872 g/mol. The molecule has 0 bridgehead atoms. The van der Waals surface area contributed by atoms with Gasteiger partial charge in [-0.25, -0.2) is 24.1 Å². The van der Waals surface area contributed by atoms with Gasteiger partial charge >= 0.3 is 5.97 Å². The zero-order valence-corrected chi connectivity index (χ0v) is 36.0. The molecular weight excluding hydrogens is 831 g/mol. The van der Waals surface area contributed by atoms with E-state index in [4.69, 9.17) is 10.5 Å². The summed E-state index contributed by atoms with van der Waals surface area (Å²) in [4.78, 5) is 60.3. The topological polar surface area (TPSA) is 259 Å². The van der Waals surface area contributed by atoms with E-state index < -0.39 is 34.9 Å². The van der Waals surface area contributed by atoms with Crippen LogP contribution in [0.4, 0.5) is 0 Å². The zero-order chi connectivity index (χ0) is 46.8. The monoisotopic (exact) mass is 871 g/mol. The van der Waals surface area contributed by atoms with Crippen molar-refractivity contribution in [3.8, 4) is 47.2 Å². The van der Waals surface area contributed by atoms with Gasteiger partial charge in [0.15, 0.2) is 11.4 Å². The minimum atomic E-state index is -1.70. The minimum absolute atomic E-state index is 0.0687. The van der Waals surface area contributed by atoms with Gasteiger partial charge in [0.05, 0.1) is 51.7 Å². The molecule has 3 amide bonds. The maximum Gasteiger partial charge on any atom is 0.359 e. The summed E-state index contributed by atoms with van der Waals surface area (Å²) in [6, 6.07) is 21.2. The van der Waals surface area contributed by atoms with Gasteiger partial charge in [0.2, 0.25) is 11.2 Å². The Labute approximate surface area is 372 Å². The van der Waals surface area contributed by atoms with Crippen LogP contribution >= 0.6 is 0 Å². The number of aryl methyl sites for hydroxylation is 2. The summed E-state index contributed by atoms with van der Waals surface area (Å²) < 4.78 is 7.96. The first-order chi connectivity index (χ1) is 31.1. The molecule has 18 heteroatoms. The number of carbonyl (C=O) groups is 4. The van der Waals surface area contributed by atoms with E-state index in [0.29, 0.717) is 81.6 Å². The number of aliphatic hydroxyl groups is 2. The minimum Gasteiger partial charge on any atom is -0.464 e. The van der Waals surface area contributed by atoms with Gasteiger partial charge in [-0.1, -0.05) is 49.7 Å². The molecule has 0 radical (unpaired) electrons. The number of pyridine rings is 2. The van der Waals surface area contributed by atoms with Crippen LogP contribution in [0.15, 0.2) is 60.7 Å². The molecule has 18 nitrogen and oxygen atoms in total. The number of ether oxygens (including phenoxy) is 1. The number of hydrogen-bond acceptors (Lipinski definition) is 13. The lowest BCUT2D eigenvalue weighted by Gasteiger charge is -2.13. The predicted molar refractivity (Wildman–Crippen MR) is 234 cm³/mol. The Morgan fingerprint density at radius 1 is 0.738 bits per heavy atom. The quantitative estimate of drug-likeness (QED) is 0.161. The molecule has 2 fully saturated rings.